The highest BCUT2D eigenvalue weighted by Gasteiger charge is 2.13. The molecule has 1 amide bonds. The number of halogens is 1. The Morgan fingerprint density at radius 1 is 1.40 bits per heavy atom. The first-order valence-corrected chi connectivity index (χ1v) is 6.89. The van der Waals surface area contributed by atoms with Crippen LogP contribution in [0.15, 0.2) is 18.2 Å². The first-order valence-electron chi connectivity index (χ1n) is 6.51. The SMILES string of the molecule is CC(C)(C)CNC(=O)c1ccc(C#CCCO)c(Cl)c1. The van der Waals surface area contributed by atoms with E-state index in [4.69, 9.17) is 16.7 Å². The van der Waals surface area contributed by atoms with Crippen molar-refractivity contribution in [3.63, 3.8) is 0 Å². The van der Waals surface area contributed by atoms with Gasteiger partial charge in [0, 0.05) is 24.1 Å². The second-order valence-electron chi connectivity index (χ2n) is 5.71. The molecule has 0 saturated carbocycles. The minimum absolute atomic E-state index is 0.0257. The van der Waals surface area contributed by atoms with Crippen LogP contribution in [-0.4, -0.2) is 24.2 Å². The van der Waals surface area contributed by atoms with E-state index >= 15 is 0 Å². The van der Waals surface area contributed by atoms with Crippen LogP contribution in [0, 0.1) is 17.3 Å². The van der Waals surface area contributed by atoms with E-state index in [1.807, 2.05) is 0 Å². The molecular formula is C16H20ClNO2. The number of aliphatic hydroxyl groups is 1. The highest BCUT2D eigenvalue weighted by atomic mass is 35.5. The summed E-state index contributed by atoms with van der Waals surface area (Å²) in [7, 11) is 0. The number of carbonyl (C=O) groups is 1. The van der Waals surface area contributed by atoms with Crippen molar-refractivity contribution in [1.29, 1.82) is 0 Å². The highest BCUT2D eigenvalue weighted by molar-refractivity contribution is 6.32. The Labute approximate surface area is 125 Å². The summed E-state index contributed by atoms with van der Waals surface area (Å²) in [5.41, 5.74) is 1.22. The summed E-state index contributed by atoms with van der Waals surface area (Å²) < 4.78 is 0. The summed E-state index contributed by atoms with van der Waals surface area (Å²) in [5.74, 6) is 5.52. The van der Waals surface area contributed by atoms with E-state index in [-0.39, 0.29) is 17.9 Å². The van der Waals surface area contributed by atoms with E-state index in [1.165, 1.54) is 0 Å². The Balaban J connectivity index is 2.77. The van der Waals surface area contributed by atoms with Gasteiger partial charge in [0.15, 0.2) is 0 Å². The molecule has 0 atom stereocenters. The lowest BCUT2D eigenvalue weighted by Crippen LogP contribution is -2.32. The van der Waals surface area contributed by atoms with Gasteiger partial charge < -0.3 is 10.4 Å². The molecule has 1 rings (SSSR count). The number of hydrogen-bond donors (Lipinski definition) is 2. The largest absolute Gasteiger partial charge is 0.395 e. The molecular weight excluding hydrogens is 274 g/mol. The van der Waals surface area contributed by atoms with Crippen molar-refractivity contribution < 1.29 is 9.90 Å². The minimum atomic E-state index is -0.142. The molecule has 0 spiro atoms. The molecule has 1 aromatic rings. The average molecular weight is 294 g/mol. The Morgan fingerprint density at radius 2 is 2.10 bits per heavy atom. The van der Waals surface area contributed by atoms with Gasteiger partial charge in [0.05, 0.1) is 11.6 Å². The van der Waals surface area contributed by atoms with Gasteiger partial charge in [-0.1, -0.05) is 44.2 Å². The van der Waals surface area contributed by atoms with E-state index in [2.05, 4.69) is 37.9 Å². The molecule has 20 heavy (non-hydrogen) atoms. The van der Waals surface area contributed by atoms with Gasteiger partial charge in [-0.25, -0.2) is 0 Å². The smallest absolute Gasteiger partial charge is 0.251 e. The average Bonchev–Trinajstić information content (AvgIpc) is 2.37. The summed E-state index contributed by atoms with van der Waals surface area (Å²) in [4.78, 5) is 12.0. The number of nitrogens with one attached hydrogen (secondary N) is 1. The minimum Gasteiger partial charge on any atom is -0.395 e. The number of aliphatic hydroxyl groups excluding tert-OH is 1. The van der Waals surface area contributed by atoms with Crippen LogP contribution in [-0.2, 0) is 0 Å². The molecule has 0 unspecified atom stereocenters. The van der Waals surface area contributed by atoms with Gasteiger partial charge in [0.1, 0.15) is 0 Å². The lowest BCUT2D eigenvalue weighted by atomic mass is 9.97. The lowest BCUT2D eigenvalue weighted by molar-refractivity contribution is 0.0939. The number of rotatable bonds is 3. The third-order valence-corrected chi connectivity index (χ3v) is 2.78. The van der Waals surface area contributed by atoms with Crippen LogP contribution in [0.4, 0.5) is 0 Å². The quantitative estimate of drug-likeness (QED) is 0.842. The van der Waals surface area contributed by atoms with E-state index in [1.54, 1.807) is 18.2 Å². The number of amides is 1. The van der Waals surface area contributed by atoms with E-state index < -0.39 is 0 Å². The third-order valence-electron chi connectivity index (χ3n) is 2.47. The van der Waals surface area contributed by atoms with Crippen molar-refractivity contribution in [1.82, 2.24) is 5.32 Å². The molecule has 0 aromatic heterocycles. The van der Waals surface area contributed by atoms with Crippen molar-refractivity contribution in [2.24, 2.45) is 5.41 Å². The van der Waals surface area contributed by atoms with Crippen LogP contribution >= 0.6 is 11.6 Å². The van der Waals surface area contributed by atoms with Crippen molar-refractivity contribution >= 4 is 17.5 Å². The maximum Gasteiger partial charge on any atom is 0.251 e. The molecule has 0 heterocycles. The van der Waals surface area contributed by atoms with E-state index in [0.717, 1.165) is 0 Å². The Hall–Kier alpha value is -1.50. The standard InChI is InChI=1S/C16H20ClNO2/c1-16(2,3)11-18-15(20)13-8-7-12(14(17)10-13)6-4-5-9-19/h7-8,10,19H,5,9,11H2,1-3H3,(H,18,20). The summed E-state index contributed by atoms with van der Waals surface area (Å²) in [5, 5.41) is 12.0. The van der Waals surface area contributed by atoms with E-state index in [0.29, 0.717) is 29.1 Å². The molecule has 0 radical (unpaired) electrons. The summed E-state index contributed by atoms with van der Waals surface area (Å²) >= 11 is 6.10. The Morgan fingerprint density at radius 3 is 2.65 bits per heavy atom. The predicted octanol–water partition coefficient (Wildman–Crippen LogP) is 2.85. The predicted molar refractivity (Wildman–Crippen MR) is 81.8 cm³/mol. The first kappa shape index (κ1) is 16.6. The lowest BCUT2D eigenvalue weighted by Gasteiger charge is -2.18. The zero-order valence-electron chi connectivity index (χ0n) is 12.1. The van der Waals surface area contributed by atoms with Crippen LogP contribution in [0.5, 0.6) is 0 Å². The van der Waals surface area contributed by atoms with Crippen LogP contribution < -0.4 is 5.32 Å². The second-order valence-corrected chi connectivity index (χ2v) is 6.12. The molecule has 0 saturated heterocycles. The van der Waals surface area contributed by atoms with Crippen molar-refractivity contribution in [2.45, 2.75) is 27.2 Å². The Kier molecular flexibility index (Phi) is 6.06. The fourth-order valence-electron chi connectivity index (χ4n) is 1.42. The van der Waals surface area contributed by atoms with Gasteiger partial charge in [0.25, 0.3) is 5.91 Å². The fourth-order valence-corrected chi connectivity index (χ4v) is 1.65. The summed E-state index contributed by atoms with van der Waals surface area (Å²) in [6, 6.07) is 5.04. The molecule has 1 aromatic carbocycles. The molecule has 0 fully saturated rings. The van der Waals surface area contributed by atoms with E-state index in [9.17, 15) is 4.79 Å². The van der Waals surface area contributed by atoms with Crippen LogP contribution in [0.1, 0.15) is 43.1 Å². The van der Waals surface area contributed by atoms with Crippen LogP contribution in [0.25, 0.3) is 0 Å². The molecule has 3 nitrogen and oxygen atoms in total. The molecule has 2 N–H and O–H groups in total. The number of carbonyl (C=O) groups excluding carboxylic acids is 1. The zero-order chi connectivity index (χ0) is 15.2. The first-order chi connectivity index (χ1) is 9.33. The number of hydrogen-bond acceptors (Lipinski definition) is 2. The van der Waals surface area contributed by atoms with Gasteiger partial charge in [-0.3, -0.25) is 4.79 Å². The molecule has 0 aliphatic rings. The van der Waals surface area contributed by atoms with Gasteiger partial charge >= 0.3 is 0 Å². The topological polar surface area (TPSA) is 49.3 Å². The fraction of sp³-hybridized carbons (Fsp3) is 0.438. The van der Waals surface area contributed by atoms with Gasteiger partial charge in [-0.05, 0) is 23.6 Å². The molecule has 4 heteroatoms. The Bertz CT molecular complexity index is 536. The van der Waals surface area contributed by atoms with Gasteiger partial charge in [-0.15, -0.1) is 0 Å². The van der Waals surface area contributed by atoms with Crippen LogP contribution in [0.3, 0.4) is 0 Å². The zero-order valence-corrected chi connectivity index (χ0v) is 12.8. The highest BCUT2D eigenvalue weighted by Crippen LogP contribution is 2.17. The molecule has 108 valence electrons. The van der Waals surface area contributed by atoms with Crippen molar-refractivity contribution in [3.05, 3.63) is 34.3 Å². The van der Waals surface area contributed by atoms with Crippen molar-refractivity contribution in [3.8, 4) is 11.8 Å². The van der Waals surface area contributed by atoms with Gasteiger partial charge in [0.2, 0.25) is 0 Å². The van der Waals surface area contributed by atoms with Crippen molar-refractivity contribution in [2.75, 3.05) is 13.2 Å². The maximum atomic E-state index is 12.0. The molecule has 0 bridgehead atoms. The summed E-state index contributed by atoms with van der Waals surface area (Å²) in [6.45, 7) is 6.79. The summed E-state index contributed by atoms with van der Waals surface area (Å²) in [6.07, 6.45) is 0.407. The normalized spacial score (nSPS) is 10.7. The monoisotopic (exact) mass is 293 g/mol. The third kappa shape index (κ3) is 5.64. The van der Waals surface area contributed by atoms with Gasteiger partial charge in [-0.2, -0.15) is 0 Å². The number of benzene rings is 1. The molecule has 0 aliphatic carbocycles. The second kappa shape index (κ2) is 7.33. The maximum absolute atomic E-state index is 12.0. The van der Waals surface area contributed by atoms with Crippen LogP contribution in [0.2, 0.25) is 5.02 Å². The molecule has 0 aliphatic heterocycles.